The highest BCUT2D eigenvalue weighted by Gasteiger charge is 2.58. The van der Waals surface area contributed by atoms with Gasteiger partial charge < -0.3 is 25.6 Å². The van der Waals surface area contributed by atoms with Gasteiger partial charge in [0.1, 0.15) is 18.3 Å². The summed E-state index contributed by atoms with van der Waals surface area (Å²) in [7, 11) is 0. The van der Waals surface area contributed by atoms with Crippen LogP contribution in [0, 0.1) is 29.6 Å². The molecule has 4 aliphatic rings. The Labute approximate surface area is 228 Å². The van der Waals surface area contributed by atoms with Gasteiger partial charge in [-0.1, -0.05) is 35.4 Å². The van der Waals surface area contributed by atoms with Crippen LogP contribution >= 0.6 is 23.2 Å². The van der Waals surface area contributed by atoms with Gasteiger partial charge in [-0.05, 0) is 61.1 Å². The Hall–Kier alpha value is -2.88. The lowest BCUT2D eigenvalue weighted by Gasteiger charge is -2.30. The summed E-state index contributed by atoms with van der Waals surface area (Å²) in [5, 5.41) is 16.6. The lowest BCUT2D eigenvalue weighted by atomic mass is 9.81. The number of fused-ring (bicyclic) bond motifs is 6. The first-order valence-electron chi connectivity index (χ1n) is 12.9. The predicted octanol–water partition coefficient (Wildman–Crippen LogP) is 2.31. The van der Waals surface area contributed by atoms with Gasteiger partial charge in [0.25, 0.3) is 5.91 Å². The lowest BCUT2D eigenvalue weighted by molar-refractivity contribution is -0.133. The van der Waals surface area contributed by atoms with Crippen LogP contribution in [0.3, 0.4) is 0 Å². The molecule has 6 rings (SSSR count). The number of benzene rings is 1. The van der Waals surface area contributed by atoms with Gasteiger partial charge in [0.15, 0.2) is 5.78 Å². The molecule has 7 atom stereocenters. The number of nitrogens with one attached hydrogen (secondary N) is 3. The van der Waals surface area contributed by atoms with Crippen LogP contribution in [0.5, 0.6) is 0 Å². The van der Waals surface area contributed by atoms with E-state index >= 15 is 0 Å². The molecule has 11 heteroatoms. The van der Waals surface area contributed by atoms with Gasteiger partial charge in [0, 0.05) is 34.9 Å². The Morgan fingerprint density at radius 1 is 1.16 bits per heavy atom. The maximum absolute atomic E-state index is 13.9. The van der Waals surface area contributed by atoms with Crippen molar-refractivity contribution in [1.29, 1.82) is 0 Å². The molecule has 4 N–H and O–H groups in total. The van der Waals surface area contributed by atoms with E-state index in [2.05, 4.69) is 27.8 Å². The monoisotopic (exact) mass is 558 g/mol. The first kappa shape index (κ1) is 25.4. The summed E-state index contributed by atoms with van der Waals surface area (Å²) < 4.78 is 0. The molecule has 1 aromatic heterocycles. The molecule has 2 aromatic rings. The van der Waals surface area contributed by atoms with Gasteiger partial charge in [-0.3, -0.25) is 19.2 Å². The van der Waals surface area contributed by atoms with Crippen molar-refractivity contribution in [1.82, 2.24) is 20.5 Å². The third-order valence-corrected chi connectivity index (χ3v) is 9.28. The molecule has 7 unspecified atom stereocenters. The molecule has 200 valence electrons. The molecule has 9 nitrogen and oxygen atoms in total. The van der Waals surface area contributed by atoms with Gasteiger partial charge in [0.2, 0.25) is 11.8 Å². The second-order valence-electron chi connectivity index (χ2n) is 10.8. The van der Waals surface area contributed by atoms with Crippen LogP contribution in [0.4, 0.5) is 0 Å². The minimum atomic E-state index is -1.01. The maximum atomic E-state index is 13.9. The molecule has 3 fully saturated rings. The molecule has 0 spiro atoms. The van der Waals surface area contributed by atoms with Crippen molar-refractivity contribution in [2.75, 3.05) is 19.7 Å². The standard InChI is InChI=1S/C27H28Cl2N4O5/c28-15-7-18(29)16-9-21(31-19(16)8-15)27(38)33-10-17-12-1-2-13(5-12)23(17)24(33)26(37)32-20(22(35)11-34)6-14-3-4-30-25(14)36/h1-2,7-9,12-14,17,20,23-24,31,34H,3-6,10-11H2,(H,30,36)(H,32,37). The zero-order valence-electron chi connectivity index (χ0n) is 20.5. The summed E-state index contributed by atoms with van der Waals surface area (Å²) in [5.41, 5.74) is 0.921. The molecule has 2 aliphatic heterocycles. The number of aromatic nitrogens is 1. The summed E-state index contributed by atoms with van der Waals surface area (Å²) in [4.78, 5) is 57.1. The fraction of sp³-hybridized carbons (Fsp3) is 0.481. The van der Waals surface area contributed by atoms with Crippen molar-refractivity contribution < 1.29 is 24.3 Å². The highest BCUT2D eigenvalue weighted by atomic mass is 35.5. The molecule has 3 heterocycles. The topological polar surface area (TPSA) is 132 Å². The second-order valence-corrected chi connectivity index (χ2v) is 11.7. The van der Waals surface area contributed by atoms with Crippen LogP contribution in [-0.2, 0) is 14.4 Å². The first-order valence-corrected chi connectivity index (χ1v) is 13.7. The number of H-pyrrole nitrogens is 1. The molecular formula is C27H28Cl2N4O5. The van der Waals surface area contributed by atoms with Crippen molar-refractivity contribution in [3.8, 4) is 0 Å². The van der Waals surface area contributed by atoms with Crippen molar-refractivity contribution in [3.63, 3.8) is 0 Å². The van der Waals surface area contributed by atoms with E-state index in [1.54, 1.807) is 23.1 Å². The number of nitrogens with zero attached hydrogens (tertiary/aromatic N) is 1. The Kier molecular flexibility index (Phi) is 6.48. The number of Topliss-reactive ketones (excluding diaryl/α,β-unsaturated/α-hetero) is 1. The number of carbonyl (C=O) groups excluding carboxylic acids is 4. The van der Waals surface area contributed by atoms with E-state index in [0.717, 1.165) is 6.42 Å². The highest BCUT2D eigenvalue weighted by molar-refractivity contribution is 6.38. The van der Waals surface area contributed by atoms with Crippen LogP contribution < -0.4 is 10.6 Å². The normalized spacial score (nSPS) is 30.1. The largest absolute Gasteiger partial charge is 0.389 e. The lowest BCUT2D eigenvalue weighted by Crippen LogP contribution is -2.54. The number of halogens is 2. The van der Waals surface area contributed by atoms with Gasteiger partial charge >= 0.3 is 0 Å². The Balaban J connectivity index is 1.30. The number of aromatic amines is 1. The van der Waals surface area contributed by atoms with Crippen LogP contribution in [0.2, 0.25) is 10.0 Å². The quantitative estimate of drug-likeness (QED) is 0.387. The van der Waals surface area contributed by atoms with Crippen molar-refractivity contribution in [3.05, 3.63) is 46.1 Å². The summed E-state index contributed by atoms with van der Waals surface area (Å²) in [6.45, 7) is 0.187. The Bertz CT molecular complexity index is 1370. The van der Waals surface area contributed by atoms with E-state index in [4.69, 9.17) is 23.2 Å². The average Bonchev–Trinajstić information content (AvgIpc) is 3.69. The molecule has 0 radical (unpaired) electrons. The minimum absolute atomic E-state index is 0.0731. The predicted molar refractivity (Wildman–Crippen MR) is 141 cm³/mol. The Morgan fingerprint density at radius 3 is 2.68 bits per heavy atom. The number of ketones is 1. The third kappa shape index (κ3) is 4.21. The van der Waals surface area contributed by atoms with E-state index in [1.165, 1.54) is 0 Å². The van der Waals surface area contributed by atoms with Gasteiger partial charge in [-0.25, -0.2) is 0 Å². The number of amides is 3. The SMILES string of the molecule is O=C1NCCC1CC(NC(=O)C1C2C3C=CC(C3)C2CN1C(=O)c1cc2c(Cl)cc(Cl)cc2[nH]1)C(=O)CO. The molecular weight excluding hydrogens is 531 g/mol. The van der Waals surface area contributed by atoms with Gasteiger partial charge in [-0.15, -0.1) is 0 Å². The van der Waals surface area contributed by atoms with Crippen LogP contribution in [0.15, 0.2) is 30.4 Å². The Morgan fingerprint density at radius 2 is 1.95 bits per heavy atom. The van der Waals surface area contributed by atoms with E-state index in [9.17, 15) is 24.3 Å². The van der Waals surface area contributed by atoms with Crippen molar-refractivity contribution in [2.24, 2.45) is 29.6 Å². The fourth-order valence-electron chi connectivity index (χ4n) is 6.99. The number of rotatable bonds is 7. The van der Waals surface area contributed by atoms with E-state index in [1.807, 2.05) is 0 Å². The van der Waals surface area contributed by atoms with Crippen molar-refractivity contribution >= 4 is 57.6 Å². The molecule has 2 saturated heterocycles. The van der Waals surface area contributed by atoms with E-state index < -0.39 is 36.3 Å². The number of aliphatic hydroxyl groups excluding tert-OH is 1. The van der Waals surface area contributed by atoms with Crippen LogP contribution in [0.1, 0.15) is 29.8 Å². The highest BCUT2D eigenvalue weighted by Crippen LogP contribution is 2.54. The molecule has 1 saturated carbocycles. The van der Waals surface area contributed by atoms with E-state index in [0.29, 0.717) is 52.1 Å². The summed E-state index contributed by atoms with van der Waals surface area (Å²) >= 11 is 12.5. The van der Waals surface area contributed by atoms with Crippen LogP contribution in [0.25, 0.3) is 10.9 Å². The third-order valence-electron chi connectivity index (χ3n) is 8.75. The second kappa shape index (κ2) is 9.70. The zero-order valence-corrected chi connectivity index (χ0v) is 22.0. The van der Waals surface area contributed by atoms with Crippen LogP contribution in [-0.4, -0.2) is 70.3 Å². The van der Waals surface area contributed by atoms with Gasteiger partial charge in [-0.2, -0.15) is 0 Å². The molecule has 1 aromatic carbocycles. The maximum Gasteiger partial charge on any atom is 0.271 e. The number of aliphatic hydroxyl groups is 1. The van der Waals surface area contributed by atoms with E-state index in [-0.39, 0.29) is 36.0 Å². The zero-order chi connectivity index (χ0) is 26.7. The number of hydrogen-bond donors (Lipinski definition) is 4. The minimum Gasteiger partial charge on any atom is -0.389 e. The molecule has 2 aliphatic carbocycles. The molecule has 38 heavy (non-hydrogen) atoms. The first-order chi connectivity index (χ1) is 18.2. The summed E-state index contributed by atoms with van der Waals surface area (Å²) in [5.74, 6) is -1.37. The smallest absolute Gasteiger partial charge is 0.271 e. The molecule has 3 amide bonds. The van der Waals surface area contributed by atoms with Crippen molar-refractivity contribution in [2.45, 2.75) is 31.3 Å². The summed E-state index contributed by atoms with van der Waals surface area (Å²) in [6, 6.07) is 3.17. The van der Waals surface area contributed by atoms with Gasteiger partial charge in [0.05, 0.1) is 11.1 Å². The fourth-order valence-corrected chi connectivity index (χ4v) is 7.53. The number of likely N-dealkylation sites (tertiary alicyclic amines) is 1. The number of carbonyl (C=O) groups is 4. The average molecular weight is 559 g/mol. The number of hydrogen-bond acceptors (Lipinski definition) is 5. The molecule has 2 bridgehead atoms. The summed E-state index contributed by atoms with van der Waals surface area (Å²) in [6.07, 6.45) is 5.92. The number of allylic oxidation sites excluding steroid dienone is 2.